The minimum atomic E-state index is -0.491. The smallest absolute Gasteiger partial charge is 0.343 e. The summed E-state index contributed by atoms with van der Waals surface area (Å²) in [5.41, 5.74) is 6.76. The Hall–Kier alpha value is -4.78. The number of hydrogen-bond donors (Lipinski definition) is 1. The molecule has 4 aromatic carbocycles. The quantitative estimate of drug-likeness (QED) is 0.171. The van der Waals surface area contributed by atoms with E-state index in [9.17, 15) is 9.18 Å². The third-order valence-corrected chi connectivity index (χ3v) is 7.26. The van der Waals surface area contributed by atoms with Crippen molar-refractivity contribution < 1.29 is 28.1 Å². The molecule has 216 valence electrons. The predicted octanol–water partition coefficient (Wildman–Crippen LogP) is 8.22. The molecule has 0 fully saturated rings. The molecule has 4 aromatic rings. The van der Waals surface area contributed by atoms with Gasteiger partial charge < -0.3 is 24.3 Å². The first kappa shape index (κ1) is 28.7. The fourth-order valence-corrected chi connectivity index (χ4v) is 5.33. The molecule has 0 spiro atoms. The molecule has 1 heterocycles. The molecule has 1 aliphatic heterocycles. The maximum absolute atomic E-state index is 14.1. The molecule has 0 aromatic heterocycles. The summed E-state index contributed by atoms with van der Waals surface area (Å²) in [5.74, 6) is 1.17. The molecule has 0 bridgehead atoms. The molecular formula is C35H34FNO5. The molecule has 1 N–H and O–H groups in total. The first-order valence-electron chi connectivity index (χ1n) is 13.7. The summed E-state index contributed by atoms with van der Waals surface area (Å²) in [6, 6.07) is 20.6. The van der Waals surface area contributed by atoms with Gasteiger partial charge in [-0.2, -0.15) is 0 Å². The van der Waals surface area contributed by atoms with Crippen LogP contribution in [0.1, 0.15) is 47.8 Å². The summed E-state index contributed by atoms with van der Waals surface area (Å²) >= 11 is 0. The van der Waals surface area contributed by atoms with Crippen LogP contribution in [0.3, 0.4) is 0 Å². The van der Waals surface area contributed by atoms with Crippen LogP contribution >= 0.6 is 0 Å². The molecule has 0 amide bonds. The van der Waals surface area contributed by atoms with Crippen molar-refractivity contribution in [3.8, 4) is 34.1 Å². The van der Waals surface area contributed by atoms with Gasteiger partial charge >= 0.3 is 5.97 Å². The Morgan fingerprint density at radius 3 is 2.26 bits per heavy atom. The van der Waals surface area contributed by atoms with E-state index in [0.717, 1.165) is 39.1 Å². The zero-order valence-electron chi connectivity index (χ0n) is 24.6. The van der Waals surface area contributed by atoms with Gasteiger partial charge in [-0.1, -0.05) is 18.2 Å². The largest absolute Gasteiger partial charge is 0.497 e. The van der Waals surface area contributed by atoms with E-state index in [4.69, 9.17) is 18.9 Å². The highest BCUT2D eigenvalue weighted by atomic mass is 19.1. The van der Waals surface area contributed by atoms with Crippen LogP contribution < -0.4 is 24.3 Å². The third kappa shape index (κ3) is 5.96. The summed E-state index contributed by atoms with van der Waals surface area (Å²) < 4.78 is 36.9. The number of esters is 1. The number of carbonyl (C=O) groups excluding carboxylic acids is 1. The number of nitrogens with one attached hydrogen (secondary N) is 1. The summed E-state index contributed by atoms with van der Waals surface area (Å²) in [7, 11) is 3.15. The molecule has 7 heteroatoms. The van der Waals surface area contributed by atoms with E-state index in [1.807, 2.05) is 19.1 Å². The molecule has 0 saturated heterocycles. The van der Waals surface area contributed by atoms with E-state index < -0.39 is 5.97 Å². The van der Waals surface area contributed by atoms with Crippen molar-refractivity contribution in [1.82, 2.24) is 0 Å². The van der Waals surface area contributed by atoms with E-state index in [1.54, 1.807) is 56.7 Å². The van der Waals surface area contributed by atoms with E-state index in [2.05, 4.69) is 38.2 Å². The van der Waals surface area contributed by atoms with Crippen molar-refractivity contribution in [3.05, 3.63) is 107 Å². The van der Waals surface area contributed by atoms with Crippen LogP contribution in [0.4, 0.5) is 10.1 Å². The second kappa shape index (κ2) is 11.6. The zero-order chi connectivity index (χ0) is 30.0. The van der Waals surface area contributed by atoms with Gasteiger partial charge in [0.15, 0.2) is 0 Å². The van der Waals surface area contributed by atoms with Crippen LogP contribution in [0.2, 0.25) is 0 Å². The van der Waals surface area contributed by atoms with E-state index in [-0.39, 0.29) is 18.0 Å². The average molecular weight is 568 g/mol. The number of carbonyl (C=O) groups is 1. The highest BCUT2D eigenvalue weighted by Crippen LogP contribution is 2.43. The standard InChI is InChI=1S/C35H34FNO5/c1-21-7-10-24(36)17-31(21)41-20-29-27(15-16-30-33(29)22(2)19-35(3,4)37-30)28-14-13-26(18-32(28)40-6)42-34(38)23-8-11-25(39-5)12-9-23/h7-19,37H,20H2,1-6H3. The van der Waals surface area contributed by atoms with Gasteiger partial charge in [-0.3, -0.25) is 0 Å². The van der Waals surface area contributed by atoms with Gasteiger partial charge in [-0.25, -0.2) is 9.18 Å². The Morgan fingerprint density at radius 2 is 1.55 bits per heavy atom. The van der Waals surface area contributed by atoms with Crippen molar-refractivity contribution in [2.75, 3.05) is 19.5 Å². The highest BCUT2D eigenvalue weighted by molar-refractivity contribution is 5.92. The lowest BCUT2D eigenvalue weighted by Gasteiger charge is -2.33. The first-order valence-corrected chi connectivity index (χ1v) is 13.7. The van der Waals surface area contributed by atoms with Gasteiger partial charge in [-0.15, -0.1) is 0 Å². The number of methoxy groups -OCH3 is 2. The molecule has 0 radical (unpaired) electrons. The van der Waals surface area contributed by atoms with Crippen LogP contribution in [0.25, 0.3) is 16.7 Å². The number of halogens is 1. The highest BCUT2D eigenvalue weighted by Gasteiger charge is 2.27. The summed E-state index contributed by atoms with van der Waals surface area (Å²) in [6.45, 7) is 8.41. The van der Waals surface area contributed by atoms with E-state index in [0.29, 0.717) is 28.6 Å². The van der Waals surface area contributed by atoms with Gasteiger partial charge in [0.1, 0.15) is 35.4 Å². The van der Waals surface area contributed by atoms with Crippen LogP contribution in [0, 0.1) is 12.7 Å². The number of benzene rings is 4. The number of allylic oxidation sites excluding steroid dienone is 1. The lowest BCUT2D eigenvalue weighted by molar-refractivity contribution is 0.0734. The van der Waals surface area contributed by atoms with E-state index in [1.165, 1.54) is 12.1 Å². The summed E-state index contributed by atoms with van der Waals surface area (Å²) in [6.07, 6.45) is 2.19. The predicted molar refractivity (Wildman–Crippen MR) is 163 cm³/mol. The number of anilines is 1. The Bertz CT molecular complexity index is 1670. The molecule has 0 unspecified atom stereocenters. The minimum Gasteiger partial charge on any atom is -0.497 e. The summed E-state index contributed by atoms with van der Waals surface area (Å²) in [5, 5.41) is 3.60. The van der Waals surface area contributed by atoms with Gasteiger partial charge in [0, 0.05) is 34.5 Å². The van der Waals surface area contributed by atoms with E-state index >= 15 is 0 Å². The Kier molecular flexibility index (Phi) is 7.94. The second-order valence-electron chi connectivity index (χ2n) is 10.9. The van der Waals surface area contributed by atoms with Crippen LogP contribution in [-0.4, -0.2) is 25.7 Å². The Balaban J connectivity index is 1.53. The molecule has 5 rings (SSSR count). The molecule has 0 aliphatic carbocycles. The monoisotopic (exact) mass is 567 g/mol. The maximum Gasteiger partial charge on any atom is 0.343 e. The van der Waals surface area contributed by atoms with Crippen LogP contribution in [0.15, 0.2) is 78.9 Å². The number of rotatable bonds is 8. The lowest BCUT2D eigenvalue weighted by atomic mass is 9.85. The van der Waals surface area contributed by atoms with Crippen molar-refractivity contribution >= 4 is 17.2 Å². The SMILES string of the molecule is COc1ccc(C(=O)Oc2ccc(-c3ccc4c(c3COc3cc(F)ccc3C)C(C)=CC(C)(C)N4)c(OC)c2)cc1. The van der Waals surface area contributed by atoms with Crippen molar-refractivity contribution in [3.63, 3.8) is 0 Å². The molecule has 1 aliphatic rings. The fourth-order valence-electron chi connectivity index (χ4n) is 5.33. The van der Waals surface area contributed by atoms with Crippen LogP contribution in [0.5, 0.6) is 23.0 Å². The molecular weight excluding hydrogens is 533 g/mol. The Morgan fingerprint density at radius 1 is 0.833 bits per heavy atom. The van der Waals surface area contributed by atoms with Crippen molar-refractivity contribution in [1.29, 1.82) is 0 Å². The third-order valence-electron chi connectivity index (χ3n) is 7.26. The lowest BCUT2D eigenvalue weighted by Crippen LogP contribution is -2.32. The summed E-state index contributed by atoms with van der Waals surface area (Å²) in [4.78, 5) is 12.8. The topological polar surface area (TPSA) is 66.0 Å². The average Bonchev–Trinajstić information content (AvgIpc) is 2.96. The Labute approximate surface area is 245 Å². The minimum absolute atomic E-state index is 0.202. The zero-order valence-corrected chi connectivity index (χ0v) is 24.6. The van der Waals surface area contributed by atoms with Gasteiger partial charge in [0.25, 0.3) is 0 Å². The van der Waals surface area contributed by atoms with Gasteiger partial charge in [0.05, 0.1) is 25.3 Å². The molecule has 0 saturated carbocycles. The van der Waals surface area contributed by atoms with Crippen molar-refractivity contribution in [2.24, 2.45) is 0 Å². The molecule has 6 nitrogen and oxygen atoms in total. The number of aryl methyl sites for hydroxylation is 1. The normalized spacial score (nSPS) is 13.4. The van der Waals surface area contributed by atoms with Gasteiger partial charge in [0.2, 0.25) is 0 Å². The van der Waals surface area contributed by atoms with Gasteiger partial charge in [-0.05, 0) is 92.9 Å². The molecule has 0 atom stereocenters. The molecule has 42 heavy (non-hydrogen) atoms. The maximum atomic E-state index is 14.1. The number of ether oxygens (including phenoxy) is 4. The number of hydrogen-bond acceptors (Lipinski definition) is 6. The van der Waals surface area contributed by atoms with Crippen molar-refractivity contribution in [2.45, 2.75) is 39.8 Å². The van der Waals surface area contributed by atoms with Crippen LogP contribution in [-0.2, 0) is 6.61 Å². The first-order chi connectivity index (χ1) is 20.1. The fraction of sp³-hybridized carbons (Fsp3) is 0.229. The second-order valence-corrected chi connectivity index (χ2v) is 10.9. The number of fused-ring (bicyclic) bond motifs is 1.